The van der Waals surface area contributed by atoms with E-state index in [1.807, 2.05) is 30.3 Å². The zero-order valence-corrected chi connectivity index (χ0v) is 20.0. The van der Waals surface area contributed by atoms with Crippen LogP contribution in [0.3, 0.4) is 0 Å². The van der Waals surface area contributed by atoms with Crippen molar-refractivity contribution in [3.8, 4) is 11.5 Å². The predicted octanol–water partition coefficient (Wildman–Crippen LogP) is 1.54. The van der Waals surface area contributed by atoms with Gasteiger partial charge in [-0.25, -0.2) is 4.79 Å². The van der Waals surface area contributed by atoms with Gasteiger partial charge in [0.2, 0.25) is 5.95 Å². The van der Waals surface area contributed by atoms with Crippen LogP contribution >= 0.6 is 0 Å². The summed E-state index contributed by atoms with van der Waals surface area (Å²) in [6, 6.07) is 17.0. The van der Waals surface area contributed by atoms with Crippen LogP contribution in [0.5, 0.6) is 11.5 Å². The number of nitrogens with one attached hydrogen (secondary N) is 1. The van der Waals surface area contributed by atoms with E-state index >= 15 is 0 Å². The summed E-state index contributed by atoms with van der Waals surface area (Å²) in [6.45, 7) is 0.606. The second kappa shape index (κ2) is 10.5. The fourth-order valence-electron chi connectivity index (χ4n) is 3.85. The molecule has 4 rings (SSSR count). The average molecular weight is 480 g/mol. The van der Waals surface area contributed by atoms with Crippen molar-refractivity contribution < 1.29 is 14.6 Å². The molecule has 0 bridgehead atoms. The largest absolute Gasteiger partial charge is 0.497 e. The Morgan fingerprint density at radius 2 is 1.69 bits per heavy atom. The first-order valence-corrected chi connectivity index (χ1v) is 11.3. The van der Waals surface area contributed by atoms with Crippen LogP contribution in [0.1, 0.15) is 5.56 Å². The maximum atomic E-state index is 13.0. The molecular weight excluding hydrogens is 450 g/mol. The summed E-state index contributed by atoms with van der Waals surface area (Å²) in [5.41, 5.74) is 0.698. The predicted molar refractivity (Wildman–Crippen MR) is 133 cm³/mol. The van der Waals surface area contributed by atoms with Crippen LogP contribution < -0.4 is 26.0 Å². The summed E-state index contributed by atoms with van der Waals surface area (Å²) in [6.07, 6.45) is -0.199. The number of benzene rings is 2. The number of ether oxygens (including phenoxy) is 2. The first-order chi connectivity index (χ1) is 16.9. The van der Waals surface area contributed by atoms with Crippen molar-refractivity contribution in [1.29, 1.82) is 0 Å². The molecule has 184 valence electrons. The zero-order chi connectivity index (χ0) is 24.9. The first-order valence-electron chi connectivity index (χ1n) is 11.3. The molecule has 0 spiro atoms. The summed E-state index contributed by atoms with van der Waals surface area (Å²) in [4.78, 5) is 29.9. The minimum absolute atomic E-state index is 0.00152. The van der Waals surface area contributed by atoms with E-state index in [4.69, 9.17) is 9.47 Å². The summed E-state index contributed by atoms with van der Waals surface area (Å²) in [5, 5.41) is 14.0. The van der Waals surface area contributed by atoms with Gasteiger partial charge >= 0.3 is 5.69 Å². The van der Waals surface area contributed by atoms with Gasteiger partial charge in [0.15, 0.2) is 11.2 Å². The van der Waals surface area contributed by atoms with Gasteiger partial charge in [-0.3, -0.25) is 13.9 Å². The van der Waals surface area contributed by atoms with Gasteiger partial charge in [0.05, 0.1) is 13.7 Å². The number of aliphatic hydroxyl groups is 1. The summed E-state index contributed by atoms with van der Waals surface area (Å²) >= 11 is 0. The van der Waals surface area contributed by atoms with Crippen molar-refractivity contribution in [3.63, 3.8) is 0 Å². The number of nitrogens with zero attached hydrogens (tertiary/aromatic N) is 4. The maximum Gasteiger partial charge on any atom is 0.332 e. The minimum Gasteiger partial charge on any atom is -0.497 e. The lowest BCUT2D eigenvalue weighted by molar-refractivity contribution is 0.0938. The third-order valence-corrected chi connectivity index (χ3v) is 5.78. The molecule has 35 heavy (non-hydrogen) atoms. The van der Waals surface area contributed by atoms with E-state index < -0.39 is 17.4 Å². The van der Waals surface area contributed by atoms with Crippen LogP contribution in [0, 0.1) is 0 Å². The smallest absolute Gasteiger partial charge is 0.332 e. The van der Waals surface area contributed by atoms with Crippen LogP contribution in [0.25, 0.3) is 11.2 Å². The first kappa shape index (κ1) is 24.1. The molecule has 0 saturated carbocycles. The Morgan fingerprint density at radius 1 is 1.00 bits per heavy atom. The van der Waals surface area contributed by atoms with Gasteiger partial charge in [-0.15, -0.1) is 0 Å². The van der Waals surface area contributed by atoms with Crippen molar-refractivity contribution >= 4 is 17.1 Å². The van der Waals surface area contributed by atoms with E-state index in [0.717, 1.165) is 16.6 Å². The number of fused-ring (bicyclic) bond motifs is 1. The van der Waals surface area contributed by atoms with E-state index in [0.29, 0.717) is 24.0 Å². The fourth-order valence-corrected chi connectivity index (χ4v) is 3.85. The monoisotopic (exact) mass is 479 g/mol. The van der Waals surface area contributed by atoms with Crippen LogP contribution in [0.15, 0.2) is 64.2 Å². The molecule has 2 heterocycles. The lowest BCUT2D eigenvalue weighted by Gasteiger charge is -2.16. The molecule has 4 aromatic rings. The molecule has 0 unspecified atom stereocenters. The minimum atomic E-state index is -0.939. The fraction of sp³-hybridized carbons (Fsp3) is 0.320. The van der Waals surface area contributed by atoms with Crippen molar-refractivity contribution in [1.82, 2.24) is 18.7 Å². The Bertz CT molecular complexity index is 1410. The lowest BCUT2D eigenvalue weighted by Crippen LogP contribution is -2.38. The number of methoxy groups -OCH3 is 1. The Kier molecular flexibility index (Phi) is 7.21. The van der Waals surface area contributed by atoms with Crippen LogP contribution in [0.2, 0.25) is 0 Å². The third kappa shape index (κ3) is 5.22. The SMILES string of the molecule is COc1ccc(OC[C@H](O)Cn2c(NCCc3ccccc3)nc3c2c(=O)n(C)c(=O)n3C)cc1. The molecule has 0 aliphatic carbocycles. The number of anilines is 1. The van der Waals surface area contributed by atoms with Crippen molar-refractivity contribution in [2.24, 2.45) is 14.1 Å². The van der Waals surface area contributed by atoms with Crippen molar-refractivity contribution in [2.45, 2.75) is 19.1 Å². The van der Waals surface area contributed by atoms with Gasteiger partial charge in [0, 0.05) is 20.6 Å². The summed E-state index contributed by atoms with van der Waals surface area (Å²) in [7, 11) is 4.58. The van der Waals surface area contributed by atoms with Gasteiger partial charge in [0.25, 0.3) is 5.56 Å². The van der Waals surface area contributed by atoms with E-state index in [2.05, 4.69) is 10.3 Å². The van der Waals surface area contributed by atoms with E-state index in [1.165, 1.54) is 11.6 Å². The van der Waals surface area contributed by atoms with Gasteiger partial charge in [-0.1, -0.05) is 30.3 Å². The van der Waals surface area contributed by atoms with E-state index in [-0.39, 0.29) is 24.3 Å². The summed E-state index contributed by atoms with van der Waals surface area (Å²) in [5.74, 6) is 1.69. The highest BCUT2D eigenvalue weighted by Gasteiger charge is 2.21. The zero-order valence-electron chi connectivity index (χ0n) is 20.0. The highest BCUT2D eigenvalue weighted by Crippen LogP contribution is 2.19. The molecule has 2 aromatic heterocycles. The van der Waals surface area contributed by atoms with Gasteiger partial charge < -0.3 is 24.5 Å². The van der Waals surface area contributed by atoms with Gasteiger partial charge in [0.1, 0.15) is 24.2 Å². The Labute approximate surface area is 202 Å². The van der Waals surface area contributed by atoms with Gasteiger partial charge in [-0.05, 0) is 36.2 Å². The maximum absolute atomic E-state index is 13.0. The molecular formula is C25H29N5O5. The number of aromatic nitrogens is 4. The number of hydrogen-bond acceptors (Lipinski definition) is 7. The molecule has 1 atom stereocenters. The standard InChI is InChI=1S/C25H29N5O5/c1-28-22-21(23(32)29(2)25(28)33)30(24(27-22)26-14-13-17-7-5-4-6-8-17)15-18(31)16-35-20-11-9-19(34-3)10-12-20/h4-12,18,31H,13-16H2,1-3H3,(H,26,27)/t18-/m1/s1. The average Bonchev–Trinajstić information content (AvgIpc) is 3.24. The third-order valence-electron chi connectivity index (χ3n) is 5.78. The molecule has 0 fully saturated rings. The molecule has 0 aliphatic rings. The van der Waals surface area contributed by atoms with Crippen LogP contribution in [0.4, 0.5) is 5.95 Å². The highest BCUT2D eigenvalue weighted by molar-refractivity contribution is 5.74. The number of rotatable bonds is 10. The number of aryl methyl sites for hydroxylation is 1. The molecule has 10 heteroatoms. The molecule has 2 aromatic carbocycles. The van der Waals surface area contributed by atoms with Crippen LogP contribution in [-0.4, -0.2) is 50.2 Å². The van der Waals surface area contributed by atoms with Crippen molar-refractivity contribution in [3.05, 3.63) is 81.0 Å². The molecule has 10 nitrogen and oxygen atoms in total. The topological polar surface area (TPSA) is 113 Å². The Morgan fingerprint density at radius 3 is 2.37 bits per heavy atom. The number of aliphatic hydroxyl groups excluding tert-OH is 1. The summed E-state index contributed by atoms with van der Waals surface area (Å²) < 4.78 is 14.8. The second-order valence-corrected chi connectivity index (χ2v) is 8.23. The molecule has 0 aliphatic heterocycles. The van der Waals surface area contributed by atoms with Crippen molar-refractivity contribution in [2.75, 3.05) is 25.6 Å². The Balaban J connectivity index is 1.58. The lowest BCUT2D eigenvalue weighted by atomic mass is 10.1. The van der Waals surface area contributed by atoms with E-state index in [9.17, 15) is 14.7 Å². The number of hydrogen-bond donors (Lipinski definition) is 2. The molecule has 0 radical (unpaired) electrons. The van der Waals surface area contributed by atoms with Crippen LogP contribution in [-0.2, 0) is 27.1 Å². The quantitative estimate of drug-likeness (QED) is 0.355. The highest BCUT2D eigenvalue weighted by atomic mass is 16.5. The molecule has 2 N–H and O–H groups in total. The second-order valence-electron chi connectivity index (χ2n) is 8.23. The van der Waals surface area contributed by atoms with E-state index in [1.54, 1.807) is 43.0 Å². The molecule has 0 amide bonds. The number of imidazole rings is 1. The molecule has 0 saturated heterocycles. The Hall–Kier alpha value is -4.05. The van der Waals surface area contributed by atoms with Gasteiger partial charge in [-0.2, -0.15) is 4.98 Å². The normalized spacial score (nSPS) is 12.0.